The number of aromatic nitrogens is 2. The Labute approximate surface area is 118 Å². The predicted molar refractivity (Wildman–Crippen MR) is 80.2 cm³/mol. The molecule has 0 aromatic carbocycles. The van der Waals surface area contributed by atoms with Gasteiger partial charge in [-0.1, -0.05) is 6.92 Å². The standard InChI is InChI=1S/C13H22N4OS/c1-4-5-14-10-11-12(16(2)6-8-18-3)15-13-17(11)7-9-19-13/h7,9,14H,4-6,8,10H2,1-3H3. The summed E-state index contributed by atoms with van der Waals surface area (Å²) in [6, 6.07) is 0. The first-order valence-corrected chi connectivity index (χ1v) is 7.51. The minimum absolute atomic E-state index is 0.712. The first-order chi connectivity index (χ1) is 9.27. The van der Waals surface area contributed by atoms with Crippen LogP contribution in [0.4, 0.5) is 5.82 Å². The largest absolute Gasteiger partial charge is 0.383 e. The van der Waals surface area contributed by atoms with Crippen molar-refractivity contribution in [2.75, 3.05) is 38.8 Å². The number of thiazole rings is 1. The number of hydrogen-bond donors (Lipinski definition) is 1. The van der Waals surface area contributed by atoms with Crippen LogP contribution >= 0.6 is 11.3 Å². The minimum atomic E-state index is 0.712. The van der Waals surface area contributed by atoms with Crippen molar-refractivity contribution in [2.45, 2.75) is 19.9 Å². The molecule has 2 aromatic heterocycles. The monoisotopic (exact) mass is 282 g/mol. The topological polar surface area (TPSA) is 41.8 Å². The van der Waals surface area contributed by atoms with Crippen LogP contribution in [0.2, 0.25) is 0 Å². The second kappa shape index (κ2) is 6.88. The molecule has 0 spiro atoms. The lowest BCUT2D eigenvalue weighted by molar-refractivity contribution is 0.206. The van der Waals surface area contributed by atoms with Crippen molar-refractivity contribution in [3.05, 3.63) is 17.3 Å². The van der Waals surface area contributed by atoms with Gasteiger partial charge in [0, 0.05) is 38.8 Å². The highest BCUT2D eigenvalue weighted by atomic mass is 32.1. The SMILES string of the molecule is CCCNCc1c(N(C)CCOC)nc2sccn12. The molecule has 0 saturated heterocycles. The van der Waals surface area contributed by atoms with E-state index in [4.69, 9.17) is 9.72 Å². The van der Waals surface area contributed by atoms with E-state index >= 15 is 0 Å². The van der Waals surface area contributed by atoms with E-state index in [-0.39, 0.29) is 0 Å². The highest BCUT2D eigenvalue weighted by molar-refractivity contribution is 7.15. The molecule has 0 radical (unpaired) electrons. The second-order valence-electron chi connectivity index (χ2n) is 4.53. The number of ether oxygens (including phenoxy) is 1. The molecular formula is C13H22N4OS. The molecule has 106 valence electrons. The number of likely N-dealkylation sites (N-methyl/N-ethyl adjacent to an activating group) is 1. The number of rotatable bonds is 8. The van der Waals surface area contributed by atoms with E-state index in [1.54, 1.807) is 18.4 Å². The molecule has 0 aliphatic carbocycles. The summed E-state index contributed by atoms with van der Waals surface area (Å²) in [5, 5.41) is 5.53. The fourth-order valence-electron chi connectivity index (χ4n) is 2.01. The molecule has 2 rings (SSSR count). The highest BCUT2D eigenvalue weighted by Crippen LogP contribution is 2.23. The molecule has 6 heteroatoms. The van der Waals surface area contributed by atoms with Crippen LogP contribution in [-0.2, 0) is 11.3 Å². The fraction of sp³-hybridized carbons (Fsp3) is 0.615. The van der Waals surface area contributed by atoms with Gasteiger partial charge in [-0.15, -0.1) is 11.3 Å². The fourth-order valence-corrected chi connectivity index (χ4v) is 2.74. The van der Waals surface area contributed by atoms with Gasteiger partial charge in [-0.2, -0.15) is 0 Å². The first-order valence-electron chi connectivity index (χ1n) is 6.63. The van der Waals surface area contributed by atoms with E-state index in [9.17, 15) is 0 Å². The molecule has 0 saturated carbocycles. The van der Waals surface area contributed by atoms with Crippen LogP contribution in [0, 0.1) is 0 Å². The van der Waals surface area contributed by atoms with Crippen LogP contribution < -0.4 is 10.2 Å². The van der Waals surface area contributed by atoms with E-state index in [1.807, 2.05) is 0 Å². The quantitative estimate of drug-likeness (QED) is 0.752. The Kier molecular flexibility index (Phi) is 5.18. The number of anilines is 1. The minimum Gasteiger partial charge on any atom is -0.383 e. The van der Waals surface area contributed by atoms with Gasteiger partial charge in [-0.25, -0.2) is 4.98 Å². The number of imidazole rings is 1. The Morgan fingerprint density at radius 3 is 3.11 bits per heavy atom. The van der Waals surface area contributed by atoms with E-state index < -0.39 is 0 Å². The zero-order valence-electron chi connectivity index (χ0n) is 11.8. The molecule has 0 fully saturated rings. The van der Waals surface area contributed by atoms with E-state index in [2.05, 4.69) is 40.2 Å². The summed E-state index contributed by atoms with van der Waals surface area (Å²) >= 11 is 1.67. The van der Waals surface area contributed by atoms with Gasteiger partial charge >= 0.3 is 0 Å². The third-order valence-corrected chi connectivity index (χ3v) is 3.81. The average molecular weight is 282 g/mol. The summed E-state index contributed by atoms with van der Waals surface area (Å²) in [6.07, 6.45) is 3.23. The molecule has 0 unspecified atom stereocenters. The van der Waals surface area contributed by atoms with Crippen molar-refractivity contribution in [3.8, 4) is 0 Å². The summed E-state index contributed by atoms with van der Waals surface area (Å²) < 4.78 is 7.31. The molecule has 0 amide bonds. The maximum atomic E-state index is 5.14. The molecule has 5 nitrogen and oxygen atoms in total. The zero-order valence-corrected chi connectivity index (χ0v) is 12.7. The number of hydrogen-bond acceptors (Lipinski definition) is 5. The predicted octanol–water partition coefficient (Wildman–Crippen LogP) is 1.98. The lowest BCUT2D eigenvalue weighted by Crippen LogP contribution is -2.25. The molecule has 1 N–H and O–H groups in total. The summed E-state index contributed by atoms with van der Waals surface area (Å²) in [5.74, 6) is 1.05. The third-order valence-electron chi connectivity index (χ3n) is 3.05. The molecule has 0 aliphatic rings. The van der Waals surface area contributed by atoms with Gasteiger partial charge in [-0.3, -0.25) is 4.40 Å². The molecule has 2 heterocycles. The van der Waals surface area contributed by atoms with E-state index in [0.717, 1.165) is 36.8 Å². The lowest BCUT2D eigenvalue weighted by Gasteiger charge is -2.18. The first kappa shape index (κ1) is 14.3. The molecule has 0 atom stereocenters. The van der Waals surface area contributed by atoms with Crippen LogP contribution in [0.25, 0.3) is 4.96 Å². The third kappa shape index (κ3) is 3.26. The van der Waals surface area contributed by atoms with Gasteiger partial charge in [0.05, 0.1) is 12.3 Å². The zero-order chi connectivity index (χ0) is 13.7. The van der Waals surface area contributed by atoms with Gasteiger partial charge in [0.2, 0.25) is 0 Å². The molecular weight excluding hydrogens is 260 g/mol. The Morgan fingerprint density at radius 2 is 2.37 bits per heavy atom. The normalized spacial score (nSPS) is 11.3. The summed E-state index contributed by atoms with van der Waals surface area (Å²) in [5.41, 5.74) is 1.23. The summed E-state index contributed by atoms with van der Waals surface area (Å²) in [7, 11) is 3.79. The van der Waals surface area contributed by atoms with Crippen LogP contribution in [0.1, 0.15) is 19.0 Å². The second-order valence-corrected chi connectivity index (χ2v) is 5.40. The van der Waals surface area contributed by atoms with Gasteiger partial charge < -0.3 is 15.0 Å². The molecule has 19 heavy (non-hydrogen) atoms. The van der Waals surface area contributed by atoms with E-state index in [0.29, 0.717) is 6.61 Å². The van der Waals surface area contributed by atoms with Crippen LogP contribution in [0.15, 0.2) is 11.6 Å². The highest BCUT2D eigenvalue weighted by Gasteiger charge is 2.15. The van der Waals surface area contributed by atoms with E-state index in [1.165, 1.54) is 5.69 Å². The number of methoxy groups -OCH3 is 1. The van der Waals surface area contributed by atoms with Crippen molar-refractivity contribution in [2.24, 2.45) is 0 Å². The number of fused-ring (bicyclic) bond motifs is 1. The Morgan fingerprint density at radius 1 is 1.53 bits per heavy atom. The van der Waals surface area contributed by atoms with Gasteiger partial charge in [0.25, 0.3) is 0 Å². The summed E-state index contributed by atoms with van der Waals surface area (Å²) in [6.45, 7) is 5.61. The van der Waals surface area contributed by atoms with Gasteiger partial charge in [0.1, 0.15) is 0 Å². The van der Waals surface area contributed by atoms with Crippen molar-refractivity contribution < 1.29 is 4.74 Å². The molecule has 0 aliphatic heterocycles. The van der Waals surface area contributed by atoms with Crippen molar-refractivity contribution in [1.29, 1.82) is 0 Å². The van der Waals surface area contributed by atoms with Crippen molar-refractivity contribution >= 4 is 22.1 Å². The maximum absolute atomic E-state index is 5.14. The van der Waals surface area contributed by atoms with Gasteiger partial charge in [-0.05, 0) is 13.0 Å². The maximum Gasteiger partial charge on any atom is 0.195 e. The number of nitrogens with one attached hydrogen (secondary N) is 1. The Hall–Kier alpha value is -1.11. The Balaban J connectivity index is 2.20. The van der Waals surface area contributed by atoms with Crippen molar-refractivity contribution in [3.63, 3.8) is 0 Å². The molecule has 0 bridgehead atoms. The Bertz CT molecular complexity index is 508. The number of nitrogens with zero attached hydrogens (tertiary/aromatic N) is 3. The van der Waals surface area contributed by atoms with Crippen LogP contribution in [0.3, 0.4) is 0 Å². The van der Waals surface area contributed by atoms with Crippen molar-refractivity contribution in [1.82, 2.24) is 14.7 Å². The van der Waals surface area contributed by atoms with Crippen LogP contribution in [0.5, 0.6) is 0 Å². The lowest BCUT2D eigenvalue weighted by atomic mass is 10.3. The summed E-state index contributed by atoms with van der Waals surface area (Å²) in [4.78, 5) is 7.92. The molecule has 2 aromatic rings. The smallest absolute Gasteiger partial charge is 0.195 e. The van der Waals surface area contributed by atoms with Gasteiger partial charge in [0.15, 0.2) is 10.8 Å². The average Bonchev–Trinajstić information content (AvgIpc) is 2.98. The van der Waals surface area contributed by atoms with Crippen LogP contribution in [-0.4, -0.2) is 43.2 Å².